The summed E-state index contributed by atoms with van der Waals surface area (Å²) in [4.78, 5) is 25.5. The minimum Gasteiger partial charge on any atom is -0.354 e. The van der Waals surface area contributed by atoms with Crippen molar-refractivity contribution >= 4 is 39.2 Å². The summed E-state index contributed by atoms with van der Waals surface area (Å²) < 4.78 is 13.1. The standard InChI is InChI=1S/C20H26N4O3S/c1-20(2,3)17-12-23-15-8-6-5-7-14(15)11-16(23)19(26)24(22-17)13-18(25)21-9-10-28(4)27/h5-8,11H,9-10,12-13H2,1-4H3,(H,21,25)/t28-/m1/s1. The first kappa shape index (κ1) is 20.3. The van der Waals surface area contributed by atoms with Crippen LogP contribution in [0.1, 0.15) is 31.3 Å². The van der Waals surface area contributed by atoms with Crippen LogP contribution in [0.15, 0.2) is 35.4 Å². The van der Waals surface area contributed by atoms with Crippen molar-refractivity contribution in [1.82, 2.24) is 14.9 Å². The normalized spacial score (nSPS) is 15.8. The molecule has 28 heavy (non-hydrogen) atoms. The van der Waals surface area contributed by atoms with Crippen molar-refractivity contribution in [2.75, 3.05) is 25.1 Å². The number of fused-ring (bicyclic) bond motifs is 3. The number of aromatic nitrogens is 1. The van der Waals surface area contributed by atoms with Gasteiger partial charge in [-0.25, -0.2) is 5.01 Å². The number of rotatable bonds is 5. The van der Waals surface area contributed by atoms with Crippen molar-refractivity contribution in [1.29, 1.82) is 0 Å². The molecule has 150 valence electrons. The molecule has 0 spiro atoms. The maximum atomic E-state index is 13.2. The maximum absolute atomic E-state index is 13.2. The monoisotopic (exact) mass is 402 g/mol. The van der Waals surface area contributed by atoms with E-state index in [1.807, 2.05) is 55.7 Å². The minimum atomic E-state index is -0.981. The van der Waals surface area contributed by atoms with E-state index in [1.165, 1.54) is 5.01 Å². The lowest BCUT2D eigenvalue weighted by Gasteiger charge is -2.23. The van der Waals surface area contributed by atoms with Gasteiger partial charge in [-0.3, -0.25) is 13.8 Å². The van der Waals surface area contributed by atoms with Gasteiger partial charge in [-0.05, 0) is 12.1 Å². The molecule has 0 fully saturated rings. The second-order valence-electron chi connectivity index (χ2n) is 7.96. The molecule has 1 aliphatic rings. The summed E-state index contributed by atoms with van der Waals surface area (Å²) >= 11 is 0. The van der Waals surface area contributed by atoms with Crippen LogP contribution < -0.4 is 5.32 Å². The van der Waals surface area contributed by atoms with Crippen molar-refractivity contribution in [2.45, 2.75) is 27.3 Å². The zero-order chi connectivity index (χ0) is 20.5. The Bertz CT molecular complexity index is 971. The second kappa shape index (κ2) is 7.87. The van der Waals surface area contributed by atoms with Crippen LogP contribution in [0.5, 0.6) is 0 Å². The van der Waals surface area contributed by atoms with E-state index in [0.717, 1.165) is 16.6 Å². The van der Waals surface area contributed by atoms with Gasteiger partial charge in [-0.2, -0.15) is 5.10 Å². The zero-order valence-corrected chi connectivity index (χ0v) is 17.5. The Hall–Kier alpha value is -2.48. The van der Waals surface area contributed by atoms with Crippen molar-refractivity contribution in [3.05, 3.63) is 36.0 Å². The number of para-hydroxylation sites is 1. The largest absolute Gasteiger partial charge is 0.354 e. The van der Waals surface area contributed by atoms with Crippen molar-refractivity contribution in [3.63, 3.8) is 0 Å². The fraction of sp³-hybridized carbons (Fsp3) is 0.450. The fourth-order valence-corrected chi connectivity index (χ4v) is 3.47. The molecule has 0 radical (unpaired) electrons. The third-order valence-corrected chi connectivity index (χ3v) is 5.46. The summed E-state index contributed by atoms with van der Waals surface area (Å²) in [5, 5.41) is 9.50. The Labute approximate surface area is 167 Å². The van der Waals surface area contributed by atoms with E-state index >= 15 is 0 Å². The maximum Gasteiger partial charge on any atom is 0.291 e. The highest BCUT2D eigenvalue weighted by Gasteiger charge is 2.31. The van der Waals surface area contributed by atoms with Gasteiger partial charge >= 0.3 is 0 Å². The Morgan fingerprint density at radius 1 is 1.29 bits per heavy atom. The summed E-state index contributed by atoms with van der Waals surface area (Å²) in [6.07, 6.45) is 1.59. The van der Waals surface area contributed by atoms with Gasteiger partial charge in [0.25, 0.3) is 5.91 Å². The summed E-state index contributed by atoms with van der Waals surface area (Å²) in [6, 6.07) is 9.69. The van der Waals surface area contributed by atoms with Gasteiger partial charge in [-0.1, -0.05) is 39.0 Å². The third-order valence-electron chi connectivity index (χ3n) is 4.68. The van der Waals surface area contributed by atoms with Crippen LogP contribution in [0.4, 0.5) is 0 Å². The predicted octanol–water partition coefficient (Wildman–Crippen LogP) is 1.99. The first-order valence-electron chi connectivity index (χ1n) is 9.21. The van der Waals surface area contributed by atoms with Gasteiger partial charge in [0.1, 0.15) is 12.2 Å². The number of carbonyl (C=O) groups is 2. The highest BCUT2D eigenvalue weighted by molar-refractivity contribution is 7.84. The molecule has 0 aliphatic carbocycles. The Morgan fingerprint density at radius 2 is 2.00 bits per heavy atom. The smallest absolute Gasteiger partial charge is 0.291 e. The number of hydrogen-bond acceptors (Lipinski definition) is 4. The topological polar surface area (TPSA) is 83.8 Å². The number of amides is 2. The molecule has 0 bridgehead atoms. The number of carbonyl (C=O) groups excluding carboxylic acids is 2. The Balaban J connectivity index is 1.94. The zero-order valence-electron chi connectivity index (χ0n) is 16.7. The van der Waals surface area contributed by atoms with Gasteiger partial charge in [0, 0.05) is 45.7 Å². The van der Waals surface area contributed by atoms with Crippen LogP contribution >= 0.6 is 0 Å². The van der Waals surface area contributed by atoms with Crippen LogP contribution in [-0.4, -0.2) is 56.4 Å². The molecular weight excluding hydrogens is 376 g/mol. The number of hydrogen-bond donors (Lipinski definition) is 1. The fourth-order valence-electron chi connectivity index (χ4n) is 3.08. The molecular formula is C20H26N4O3S. The van der Waals surface area contributed by atoms with Crippen molar-refractivity contribution in [2.24, 2.45) is 10.5 Å². The molecule has 2 heterocycles. The highest BCUT2D eigenvalue weighted by Crippen LogP contribution is 2.27. The number of nitrogens with one attached hydrogen (secondary N) is 1. The van der Waals surface area contributed by atoms with E-state index in [4.69, 9.17) is 0 Å². The molecule has 1 aromatic heterocycles. The first-order chi connectivity index (χ1) is 13.2. The van der Waals surface area contributed by atoms with E-state index in [1.54, 1.807) is 6.26 Å². The molecule has 0 unspecified atom stereocenters. The average molecular weight is 403 g/mol. The summed E-state index contributed by atoms with van der Waals surface area (Å²) in [6.45, 7) is 6.76. The minimum absolute atomic E-state index is 0.170. The number of benzene rings is 1. The van der Waals surface area contributed by atoms with E-state index in [2.05, 4.69) is 10.4 Å². The molecule has 1 N–H and O–H groups in total. The van der Waals surface area contributed by atoms with Crippen LogP contribution in [0, 0.1) is 5.41 Å². The Morgan fingerprint density at radius 3 is 2.68 bits per heavy atom. The average Bonchev–Trinajstić information content (AvgIpc) is 2.90. The Kier molecular flexibility index (Phi) is 5.69. The number of nitrogens with zero attached hydrogens (tertiary/aromatic N) is 3. The molecule has 3 rings (SSSR count). The van der Waals surface area contributed by atoms with Gasteiger partial charge in [-0.15, -0.1) is 0 Å². The van der Waals surface area contributed by atoms with Crippen LogP contribution in [-0.2, 0) is 22.1 Å². The second-order valence-corrected chi connectivity index (χ2v) is 9.52. The SMILES string of the molecule is C[S@@](=O)CCNC(=O)CN1N=C(C(C)(C)C)Cn2c(cc3ccccc32)C1=O. The van der Waals surface area contributed by atoms with Crippen molar-refractivity contribution in [3.8, 4) is 0 Å². The third kappa shape index (κ3) is 4.32. The van der Waals surface area contributed by atoms with Gasteiger partial charge in [0.15, 0.2) is 0 Å². The van der Waals surface area contributed by atoms with Crippen LogP contribution in [0.2, 0.25) is 0 Å². The molecule has 2 amide bonds. The van der Waals surface area contributed by atoms with Crippen LogP contribution in [0.3, 0.4) is 0 Å². The van der Waals surface area contributed by atoms with Gasteiger partial charge in [0.2, 0.25) is 5.91 Å². The molecule has 1 aromatic carbocycles. The lowest BCUT2D eigenvalue weighted by atomic mass is 9.90. The first-order valence-corrected chi connectivity index (χ1v) is 10.9. The molecule has 1 atom stereocenters. The van der Waals surface area contributed by atoms with E-state index < -0.39 is 10.8 Å². The van der Waals surface area contributed by atoms with E-state index in [0.29, 0.717) is 24.5 Å². The van der Waals surface area contributed by atoms with E-state index in [-0.39, 0.29) is 23.8 Å². The van der Waals surface area contributed by atoms with Gasteiger partial charge in [0.05, 0.1) is 12.3 Å². The molecule has 8 heteroatoms. The predicted molar refractivity (Wildman–Crippen MR) is 112 cm³/mol. The number of hydrazone groups is 1. The molecule has 0 saturated carbocycles. The molecule has 1 aliphatic heterocycles. The summed E-state index contributed by atoms with van der Waals surface area (Å²) in [5.74, 6) is -0.241. The van der Waals surface area contributed by atoms with Gasteiger partial charge < -0.3 is 9.88 Å². The highest BCUT2D eigenvalue weighted by atomic mass is 32.2. The summed E-state index contributed by atoms with van der Waals surface area (Å²) in [5.41, 5.74) is 2.05. The lowest BCUT2D eigenvalue weighted by molar-refractivity contribution is -0.121. The summed E-state index contributed by atoms with van der Waals surface area (Å²) in [7, 11) is -0.981. The van der Waals surface area contributed by atoms with Crippen LogP contribution in [0.25, 0.3) is 10.9 Å². The molecule has 2 aromatic rings. The van der Waals surface area contributed by atoms with Crippen molar-refractivity contribution < 1.29 is 13.8 Å². The quantitative estimate of drug-likeness (QED) is 0.830. The molecule has 7 nitrogen and oxygen atoms in total. The molecule has 0 saturated heterocycles. The van der Waals surface area contributed by atoms with E-state index in [9.17, 15) is 13.8 Å². The lowest BCUT2D eigenvalue weighted by Crippen LogP contribution is -2.39.